The summed E-state index contributed by atoms with van der Waals surface area (Å²) >= 11 is 1.46. The van der Waals surface area contributed by atoms with Gasteiger partial charge in [-0.25, -0.2) is 9.59 Å². The van der Waals surface area contributed by atoms with Gasteiger partial charge in [-0.1, -0.05) is 12.1 Å². The van der Waals surface area contributed by atoms with Crippen LogP contribution in [-0.2, 0) is 9.47 Å². The summed E-state index contributed by atoms with van der Waals surface area (Å²) in [6.07, 6.45) is 0.781. The summed E-state index contributed by atoms with van der Waals surface area (Å²) in [6, 6.07) is 10.8. The van der Waals surface area contributed by atoms with Crippen molar-refractivity contribution in [3.8, 4) is 0 Å². The number of likely N-dealkylation sites (tertiary alicyclic amines) is 1. The molecule has 1 fully saturated rings. The summed E-state index contributed by atoms with van der Waals surface area (Å²) in [5.41, 5.74) is -0.186. The van der Waals surface area contributed by atoms with E-state index in [1.54, 1.807) is 49.9 Å². The number of carbonyl (C=O) groups excluding carboxylic acids is 3. The molecule has 2 aromatic rings. The zero-order valence-electron chi connectivity index (χ0n) is 21.3. The summed E-state index contributed by atoms with van der Waals surface area (Å²) in [4.78, 5) is 40.9. The minimum atomic E-state index is -0.626. The predicted octanol–water partition coefficient (Wildman–Crippen LogP) is 6.46. The average molecular weight is 502 g/mol. The Morgan fingerprint density at radius 2 is 1.43 bits per heavy atom. The third-order valence-corrected chi connectivity index (χ3v) is 6.46. The Balaban J connectivity index is 1.59. The number of rotatable bonds is 4. The van der Waals surface area contributed by atoms with Crippen molar-refractivity contribution in [2.24, 2.45) is 0 Å². The van der Waals surface area contributed by atoms with Gasteiger partial charge in [-0.05, 0) is 84.6 Å². The van der Waals surface area contributed by atoms with Gasteiger partial charge in [-0.2, -0.15) is 0 Å². The molecule has 9 heteroatoms. The summed E-state index contributed by atoms with van der Waals surface area (Å²) < 4.78 is 10.8. The van der Waals surface area contributed by atoms with Crippen molar-refractivity contribution in [2.75, 3.05) is 23.7 Å². The summed E-state index contributed by atoms with van der Waals surface area (Å²) in [5.74, 6) is 0.0484. The molecule has 0 spiro atoms. The third kappa shape index (κ3) is 7.99. The molecule has 35 heavy (non-hydrogen) atoms. The van der Waals surface area contributed by atoms with Crippen LogP contribution in [0, 0.1) is 0 Å². The highest BCUT2D eigenvalue weighted by Gasteiger charge is 2.28. The number of hydrogen-bond donors (Lipinski definition) is 2. The van der Waals surface area contributed by atoms with Gasteiger partial charge in [-0.3, -0.25) is 10.1 Å². The van der Waals surface area contributed by atoms with E-state index in [9.17, 15) is 14.4 Å². The molecule has 8 nitrogen and oxygen atoms in total. The molecule has 2 N–H and O–H groups in total. The van der Waals surface area contributed by atoms with Gasteiger partial charge >= 0.3 is 12.2 Å². The molecule has 1 aliphatic rings. The Labute approximate surface area is 211 Å². The Hall–Kier alpha value is -3.07. The first-order valence-corrected chi connectivity index (χ1v) is 12.6. The molecule has 190 valence electrons. The number of benzene rings is 1. The van der Waals surface area contributed by atoms with E-state index in [1.165, 1.54) is 11.3 Å². The highest BCUT2D eigenvalue weighted by molar-refractivity contribution is 7.14. The van der Waals surface area contributed by atoms with E-state index in [-0.39, 0.29) is 12.0 Å². The standard InChI is InChI=1S/C26H35N3O5S/c1-25(2,3)33-23(31)28-19-10-8-7-9-18(19)27-22(30)21-12-11-20(35-21)17-13-15-29(16-14-17)24(32)34-26(4,5)6/h7-12,17H,13-16H2,1-6H3,(H,27,30)(H,28,31). The van der Waals surface area contributed by atoms with Gasteiger partial charge in [-0.15, -0.1) is 11.3 Å². The van der Waals surface area contributed by atoms with E-state index >= 15 is 0 Å². The molecule has 2 heterocycles. The minimum absolute atomic E-state index is 0.245. The topological polar surface area (TPSA) is 97.0 Å². The number of ether oxygens (including phenoxy) is 2. The van der Waals surface area contributed by atoms with E-state index in [4.69, 9.17) is 9.47 Å². The van der Waals surface area contributed by atoms with Crippen LogP contribution in [0.3, 0.4) is 0 Å². The van der Waals surface area contributed by atoms with Crippen molar-refractivity contribution in [1.82, 2.24) is 4.90 Å². The number of piperidine rings is 1. The fourth-order valence-electron chi connectivity index (χ4n) is 3.67. The molecule has 1 saturated heterocycles. The lowest BCUT2D eigenvalue weighted by Crippen LogP contribution is -2.41. The van der Waals surface area contributed by atoms with Gasteiger partial charge in [0.15, 0.2) is 0 Å². The maximum absolute atomic E-state index is 12.9. The second-order valence-electron chi connectivity index (χ2n) is 10.6. The molecular formula is C26H35N3O5S. The van der Waals surface area contributed by atoms with Crippen LogP contribution in [0.1, 0.15) is 74.9 Å². The molecular weight excluding hydrogens is 466 g/mol. The average Bonchev–Trinajstić information content (AvgIpc) is 3.23. The first-order chi connectivity index (χ1) is 16.3. The molecule has 0 unspecified atom stereocenters. The van der Waals surface area contributed by atoms with Gasteiger partial charge in [0, 0.05) is 18.0 Å². The Bertz CT molecular complexity index is 1060. The quantitative estimate of drug-likeness (QED) is 0.501. The Morgan fingerprint density at radius 1 is 0.857 bits per heavy atom. The number of amides is 3. The smallest absolute Gasteiger partial charge is 0.412 e. The van der Waals surface area contributed by atoms with Crippen LogP contribution in [-0.4, -0.2) is 47.3 Å². The van der Waals surface area contributed by atoms with Crippen molar-refractivity contribution in [3.63, 3.8) is 0 Å². The summed E-state index contributed by atoms with van der Waals surface area (Å²) in [6.45, 7) is 12.2. The number of carbonyl (C=O) groups is 3. The molecule has 3 amide bonds. The third-order valence-electron chi connectivity index (χ3n) is 5.21. The van der Waals surface area contributed by atoms with Crippen molar-refractivity contribution in [2.45, 2.75) is 71.5 Å². The lowest BCUT2D eigenvalue weighted by Gasteiger charge is -2.33. The van der Waals surface area contributed by atoms with Crippen LogP contribution in [0.5, 0.6) is 0 Å². The zero-order valence-corrected chi connectivity index (χ0v) is 22.1. The minimum Gasteiger partial charge on any atom is -0.444 e. The molecule has 1 aliphatic heterocycles. The van der Waals surface area contributed by atoms with Crippen LogP contribution >= 0.6 is 11.3 Å². The van der Waals surface area contributed by atoms with Crippen LogP contribution in [0.2, 0.25) is 0 Å². The van der Waals surface area contributed by atoms with Crippen molar-refractivity contribution in [3.05, 3.63) is 46.2 Å². The van der Waals surface area contributed by atoms with Crippen molar-refractivity contribution < 1.29 is 23.9 Å². The van der Waals surface area contributed by atoms with Crippen LogP contribution in [0.15, 0.2) is 36.4 Å². The van der Waals surface area contributed by atoms with Crippen LogP contribution < -0.4 is 10.6 Å². The number of para-hydroxylation sites is 2. The van der Waals surface area contributed by atoms with Gasteiger partial charge < -0.3 is 19.7 Å². The van der Waals surface area contributed by atoms with E-state index in [2.05, 4.69) is 10.6 Å². The van der Waals surface area contributed by atoms with Gasteiger partial charge in [0.05, 0.1) is 16.3 Å². The largest absolute Gasteiger partial charge is 0.444 e. The Kier molecular flexibility index (Phi) is 8.10. The first kappa shape index (κ1) is 26.5. The maximum Gasteiger partial charge on any atom is 0.412 e. The maximum atomic E-state index is 12.9. The molecule has 0 saturated carbocycles. The number of hydrogen-bond acceptors (Lipinski definition) is 6. The van der Waals surface area contributed by atoms with Crippen LogP contribution in [0.25, 0.3) is 0 Å². The highest BCUT2D eigenvalue weighted by atomic mass is 32.1. The van der Waals surface area contributed by atoms with Crippen molar-refractivity contribution in [1.29, 1.82) is 0 Å². The van der Waals surface area contributed by atoms with Gasteiger partial charge in [0.25, 0.3) is 5.91 Å². The fraction of sp³-hybridized carbons (Fsp3) is 0.500. The van der Waals surface area contributed by atoms with Crippen LogP contribution in [0.4, 0.5) is 21.0 Å². The number of thiophene rings is 1. The molecule has 1 aromatic carbocycles. The molecule has 0 bridgehead atoms. The lowest BCUT2D eigenvalue weighted by atomic mass is 9.95. The van der Waals surface area contributed by atoms with Gasteiger partial charge in [0.1, 0.15) is 11.2 Å². The number of anilines is 2. The number of nitrogens with one attached hydrogen (secondary N) is 2. The lowest BCUT2D eigenvalue weighted by molar-refractivity contribution is 0.0205. The fourth-order valence-corrected chi connectivity index (χ4v) is 4.74. The zero-order chi connectivity index (χ0) is 25.8. The molecule has 3 rings (SSSR count). The monoisotopic (exact) mass is 501 g/mol. The summed E-state index contributed by atoms with van der Waals surface area (Å²) in [5, 5.41) is 5.58. The second-order valence-corrected chi connectivity index (χ2v) is 11.7. The summed E-state index contributed by atoms with van der Waals surface area (Å²) in [7, 11) is 0. The van der Waals surface area contributed by atoms with Crippen molar-refractivity contribution >= 4 is 40.8 Å². The highest BCUT2D eigenvalue weighted by Crippen LogP contribution is 2.34. The van der Waals surface area contributed by atoms with E-state index in [0.717, 1.165) is 17.7 Å². The van der Waals surface area contributed by atoms with E-state index in [1.807, 2.05) is 32.9 Å². The second kappa shape index (κ2) is 10.7. The van der Waals surface area contributed by atoms with Gasteiger partial charge in [0.2, 0.25) is 0 Å². The van der Waals surface area contributed by atoms with E-state index < -0.39 is 17.3 Å². The molecule has 0 atom stereocenters. The molecule has 0 aliphatic carbocycles. The molecule has 1 aromatic heterocycles. The normalized spacial score (nSPS) is 14.9. The predicted molar refractivity (Wildman–Crippen MR) is 138 cm³/mol. The Morgan fingerprint density at radius 3 is 2.00 bits per heavy atom. The van der Waals surface area contributed by atoms with E-state index in [0.29, 0.717) is 35.3 Å². The first-order valence-electron chi connectivity index (χ1n) is 11.8. The molecule has 0 radical (unpaired) electrons. The SMILES string of the molecule is CC(C)(C)OC(=O)Nc1ccccc1NC(=O)c1ccc(C2CCN(C(=O)OC(C)(C)C)CC2)s1. The number of nitrogens with zero attached hydrogens (tertiary/aromatic N) is 1.